The van der Waals surface area contributed by atoms with E-state index in [1.165, 1.54) is 0 Å². The summed E-state index contributed by atoms with van der Waals surface area (Å²) in [5.41, 5.74) is 9.54. The molecule has 1 saturated carbocycles. The fraction of sp³-hybridized carbons (Fsp3) is 0.440. The van der Waals surface area contributed by atoms with Crippen LogP contribution < -0.4 is 21.3 Å². The molecule has 1 aromatic carbocycles. The van der Waals surface area contributed by atoms with Crippen LogP contribution in [0.1, 0.15) is 64.8 Å². The first kappa shape index (κ1) is 25.3. The Kier molecular flexibility index (Phi) is 8.63. The molecule has 1 aromatic heterocycles. The zero-order valence-electron chi connectivity index (χ0n) is 18.8. The molecule has 0 unspecified atom stereocenters. The number of allylic oxidation sites excluding steroid dienone is 2. The molecule has 0 radical (unpaired) electrons. The molecule has 178 valence electrons. The molecule has 1 aliphatic carbocycles. The van der Waals surface area contributed by atoms with Gasteiger partial charge in [-0.2, -0.15) is 0 Å². The second-order valence-corrected chi connectivity index (χ2v) is 9.20. The fourth-order valence-electron chi connectivity index (χ4n) is 4.54. The van der Waals surface area contributed by atoms with Crippen LogP contribution in [0, 0.1) is 6.92 Å². The second kappa shape index (κ2) is 11.2. The summed E-state index contributed by atoms with van der Waals surface area (Å²) in [5, 5.41) is 3.37. The highest BCUT2D eigenvalue weighted by Crippen LogP contribution is 2.32. The minimum absolute atomic E-state index is 0. The molecule has 1 amide bonds. The summed E-state index contributed by atoms with van der Waals surface area (Å²) in [5.74, 6) is 0.386. The maximum atomic E-state index is 13.2. The number of aromatic nitrogens is 1. The Morgan fingerprint density at radius 2 is 1.82 bits per heavy atom. The van der Waals surface area contributed by atoms with Gasteiger partial charge in [-0.05, 0) is 75.6 Å². The van der Waals surface area contributed by atoms with Gasteiger partial charge in [0, 0.05) is 40.0 Å². The van der Waals surface area contributed by atoms with Crippen LogP contribution in [0.15, 0.2) is 35.1 Å². The van der Waals surface area contributed by atoms with Crippen LogP contribution in [-0.2, 0) is 19.4 Å². The molecular weight excluding hydrogens is 461 g/mol. The molecule has 2 aliphatic rings. The normalized spacial score (nSPS) is 21.8. The number of carbonyl (C=O) groups excluding carboxylic acids is 1. The number of aromatic amines is 1. The van der Waals surface area contributed by atoms with Crippen LogP contribution in [0.25, 0.3) is 0 Å². The topological polar surface area (TPSA) is 97.2 Å². The number of halogens is 2. The lowest BCUT2D eigenvalue weighted by Gasteiger charge is -2.28. The molecule has 2 heterocycles. The monoisotopic (exact) mass is 491 g/mol. The van der Waals surface area contributed by atoms with Gasteiger partial charge in [0.05, 0.1) is 6.10 Å². The van der Waals surface area contributed by atoms with Crippen LogP contribution in [0.5, 0.6) is 5.75 Å². The molecular formula is C25H31Cl2N3O3. The van der Waals surface area contributed by atoms with Crippen molar-refractivity contribution in [2.24, 2.45) is 5.73 Å². The number of aryl methyl sites for hydroxylation is 2. The van der Waals surface area contributed by atoms with Gasteiger partial charge in [-0.3, -0.25) is 9.59 Å². The summed E-state index contributed by atoms with van der Waals surface area (Å²) in [6.45, 7) is 2.03. The Labute approximate surface area is 205 Å². The van der Waals surface area contributed by atoms with E-state index in [0.717, 1.165) is 55.3 Å². The van der Waals surface area contributed by atoms with Gasteiger partial charge >= 0.3 is 0 Å². The summed E-state index contributed by atoms with van der Waals surface area (Å²) in [6, 6.07) is 5.69. The molecule has 6 nitrogen and oxygen atoms in total. The number of hydrogen-bond donors (Lipinski definition) is 3. The first-order chi connectivity index (χ1) is 15.4. The van der Waals surface area contributed by atoms with Gasteiger partial charge in [0.2, 0.25) is 0 Å². The number of ether oxygens (including phenoxy) is 1. The first-order valence-electron chi connectivity index (χ1n) is 11.3. The van der Waals surface area contributed by atoms with Gasteiger partial charge in [-0.1, -0.05) is 23.8 Å². The van der Waals surface area contributed by atoms with Crippen molar-refractivity contribution in [1.29, 1.82) is 0 Å². The Morgan fingerprint density at radius 3 is 2.58 bits per heavy atom. The highest BCUT2D eigenvalue weighted by Gasteiger charge is 2.23. The molecule has 4 N–H and O–H groups in total. The number of pyridine rings is 1. The quantitative estimate of drug-likeness (QED) is 0.542. The number of carbonyl (C=O) groups is 1. The maximum absolute atomic E-state index is 13.2. The number of nitrogens with two attached hydrogens (primary N) is 1. The predicted molar refractivity (Wildman–Crippen MR) is 134 cm³/mol. The van der Waals surface area contributed by atoms with Gasteiger partial charge in [0.15, 0.2) is 0 Å². The Hall–Kier alpha value is -2.28. The lowest BCUT2D eigenvalue weighted by molar-refractivity contribution is 0.0948. The minimum atomic E-state index is -0.266. The average molecular weight is 492 g/mol. The zero-order chi connectivity index (χ0) is 22.7. The van der Waals surface area contributed by atoms with E-state index in [1.54, 1.807) is 12.1 Å². The predicted octanol–water partition coefficient (Wildman–Crippen LogP) is 4.38. The van der Waals surface area contributed by atoms with Gasteiger partial charge in [-0.15, -0.1) is 12.4 Å². The van der Waals surface area contributed by atoms with Crippen molar-refractivity contribution in [2.45, 2.75) is 70.6 Å². The molecule has 33 heavy (non-hydrogen) atoms. The fourth-order valence-corrected chi connectivity index (χ4v) is 4.75. The van der Waals surface area contributed by atoms with Gasteiger partial charge in [0.25, 0.3) is 11.5 Å². The smallest absolute Gasteiger partial charge is 0.253 e. The highest BCUT2D eigenvalue weighted by atomic mass is 35.5. The van der Waals surface area contributed by atoms with Crippen molar-refractivity contribution in [3.05, 3.63) is 73.7 Å². The van der Waals surface area contributed by atoms with Crippen molar-refractivity contribution < 1.29 is 9.53 Å². The molecule has 1 fully saturated rings. The summed E-state index contributed by atoms with van der Waals surface area (Å²) in [4.78, 5) is 28.5. The molecule has 2 aromatic rings. The number of fused-ring (bicyclic) bond motifs is 2. The maximum Gasteiger partial charge on any atom is 0.253 e. The molecule has 0 bridgehead atoms. The lowest BCUT2D eigenvalue weighted by atomic mass is 9.93. The highest BCUT2D eigenvalue weighted by molar-refractivity contribution is 6.31. The average Bonchev–Trinajstić information content (AvgIpc) is 2.74. The van der Waals surface area contributed by atoms with E-state index in [2.05, 4.69) is 22.5 Å². The Bertz CT molecular complexity index is 1090. The number of benzene rings is 1. The molecule has 0 atom stereocenters. The van der Waals surface area contributed by atoms with Crippen LogP contribution >= 0.6 is 24.0 Å². The summed E-state index contributed by atoms with van der Waals surface area (Å²) in [6.07, 6.45) is 10.00. The van der Waals surface area contributed by atoms with E-state index in [9.17, 15) is 9.59 Å². The van der Waals surface area contributed by atoms with E-state index in [0.29, 0.717) is 28.3 Å². The molecule has 8 heteroatoms. The van der Waals surface area contributed by atoms with E-state index >= 15 is 0 Å². The summed E-state index contributed by atoms with van der Waals surface area (Å²) < 4.78 is 6.34. The van der Waals surface area contributed by atoms with Gasteiger partial charge < -0.3 is 20.8 Å². The second-order valence-electron chi connectivity index (χ2n) is 8.77. The number of H-pyrrole nitrogens is 1. The van der Waals surface area contributed by atoms with E-state index in [-0.39, 0.29) is 42.6 Å². The molecule has 0 spiro atoms. The van der Waals surface area contributed by atoms with E-state index in [4.69, 9.17) is 22.1 Å². The number of rotatable bonds is 2. The number of amides is 1. The van der Waals surface area contributed by atoms with Crippen LogP contribution in [0.4, 0.5) is 0 Å². The third kappa shape index (κ3) is 6.19. The first-order valence-corrected chi connectivity index (χ1v) is 11.7. The molecule has 1 aliphatic heterocycles. The van der Waals surface area contributed by atoms with Crippen molar-refractivity contribution in [3.8, 4) is 5.75 Å². The lowest BCUT2D eigenvalue weighted by Crippen LogP contribution is -2.32. The standard InChI is InChI=1S/C25H30ClN3O3.ClH/c1-15-11-16-5-3-2-4-6-20-21(24(30)28-14-22(16)25(31)29-15)12-17(26)13-23(20)32-19-9-7-18(27)8-10-19;/h2,4,11-13,18-19H,3,5-10,14,27H2,1H3,(H,28,30)(H,29,31);1H/b4-2+;. The number of nitrogens with one attached hydrogen (secondary N) is 2. The molecule has 4 rings (SSSR count). The van der Waals surface area contributed by atoms with E-state index in [1.807, 2.05) is 13.0 Å². The van der Waals surface area contributed by atoms with Crippen molar-refractivity contribution >= 4 is 29.9 Å². The van der Waals surface area contributed by atoms with Crippen molar-refractivity contribution in [1.82, 2.24) is 10.3 Å². The zero-order valence-corrected chi connectivity index (χ0v) is 20.4. The van der Waals surface area contributed by atoms with Crippen LogP contribution in [-0.4, -0.2) is 23.0 Å². The van der Waals surface area contributed by atoms with Gasteiger partial charge in [0.1, 0.15) is 5.75 Å². The SMILES string of the molecule is Cc1cc2c(c(=O)[nH]1)CNC(=O)c1cc(Cl)cc(OC3CCC(N)CC3)c1C/C=C/CC2.Cl. The van der Waals surface area contributed by atoms with Crippen molar-refractivity contribution in [2.75, 3.05) is 0 Å². The Morgan fingerprint density at radius 1 is 1.06 bits per heavy atom. The third-order valence-corrected chi connectivity index (χ3v) is 6.51. The molecule has 0 saturated heterocycles. The minimum Gasteiger partial charge on any atom is -0.490 e. The summed E-state index contributed by atoms with van der Waals surface area (Å²) >= 11 is 6.38. The Balaban J connectivity index is 0.00000306. The van der Waals surface area contributed by atoms with E-state index < -0.39 is 0 Å². The van der Waals surface area contributed by atoms with Crippen molar-refractivity contribution in [3.63, 3.8) is 0 Å². The largest absolute Gasteiger partial charge is 0.490 e. The van der Waals surface area contributed by atoms with Gasteiger partial charge in [-0.25, -0.2) is 0 Å². The number of hydrogen-bond acceptors (Lipinski definition) is 4. The van der Waals surface area contributed by atoms with Crippen LogP contribution in [0.3, 0.4) is 0 Å². The summed E-state index contributed by atoms with van der Waals surface area (Å²) in [7, 11) is 0. The van der Waals surface area contributed by atoms with Crippen LogP contribution in [0.2, 0.25) is 5.02 Å². The third-order valence-electron chi connectivity index (χ3n) is 6.29.